The molecule has 1 rings (SSSR count). The summed E-state index contributed by atoms with van der Waals surface area (Å²) in [7, 11) is 0. The SMILES string of the molecule is O=C(O)C[C@H]1CCCCC1=C(Cl)Cl. The van der Waals surface area contributed by atoms with E-state index in [9.17, 15) is 4.79 Å². The minimum atomic E-state index is -0.779. The number of carboxylic acids is 1. The first kappa shape index (κ1) is 10.9. The molecule has 1 N–H and O–H groups in total. The molecular formula is C9H12Cl2O2. The Bertz CT molecular complexity index is 232. The van der Waals surface area contributed by atoms with Crippen LogP contribution in [-0.2, 0) is 4.79 Å². The van der Waals surface area contributed by atoms with Crippen LogP contribution in [0.3, 0.4) is 0 Å². The lowest BCUT2D eigenvalue weighted by Crippen LogP contribution is -2.14. The summed E-state index contributed by atoms with van der Waals surface area (Å²) in [5, 5.41) is 8.66. The van der Waals surface area contributed by atoms with Crippen LogP contribution in [0.1, 0.15) is 32.1 Å². The third-order valence-corrected chi connectivity index (χ3v) is 2.89. The zero-order valence-corrected chi connectivity index (χ0v) is 8.74. The van der Waals surface area contributed by atoms with Gasteiger partial charge in [-0.3, -0.25) is 4.79 Å². The molecule has 0 aliphatic heterocycles. The van der Waals surface area contributed by atoms with Gasteiger partial charge in [-0.2, -0.15) is 0 Å². The van der Waals surface area contributed by atoms with Crippen LogP contribution in [0.5, 0.6) is 0 Å². The van der Waals surface area contributed by atoms with Crippen LogP contribution >= 0.6 is 23.2 Å². The average molecular weight is 223 g/mol. The number of rotatable bonds is 2. The van der Waals surface area contributed by atoms with Crippen molar-refractivity contribution < 1.29 is 9.90 Å². The van der Waals surface area contributed by atoms with E-state index in [1.165, 1.54) is 0 Å². The molecule has 0 saturated heterocycles. The molecular weight excluding hydrogens is 211 g/mol. The fraction of sp³-hybridized carbons (Fsp3) is 0.667. The number of aliphatic carboxylic acids is 1. The van der Waals surface area contributed by atoms with Gasteiger partial charge in [0.15, 0.2) is 0 Å². The van der Waals surface area contributed by atoms with Crippen LogP contribution in [0.4, 0.5) is 0 Å². The lowest BCUT2D eigenvalue weighted by Gasteiger charge is -2.23. The summed E-state index contributed by atoms with van der Waals surface area (Å²) in [6.45, 7) is 0. The maximum absolute atomic E-state index is 10.5. The molecule has 1 atom stereocenters. The quantitative estimate of drug-likeness (QED) is 0.779. The number of carbonyl (C=O) groups is 1. The zero-order chi connectivity index (χ0) is 9.84. The molecule has 0 unspecified atom stereocenters. The van der Waals surface area contributed by atoms with Gasteiger partial charge in [0.25, 0.3) is 0 Å². The van der Waals surface area contributed by atoms with Crippen LogP contribution < -0.4 is 0 Å². The summed E-state index contributed by atoms with van der Waals surface area (Å²) < 4.78 is 0.269. The molecule has 0 heterocycles. The van der Waals surface area contributed by atoms with Gasteiger partial charge in [0, 0.05) is 0 Å². The zero-order valence-electron chi connectivity index (χ0n) is 7.22. The van der Waals surface area contributed by atoms with Gasteiger partial charge in [0.2, 0.25) is 0 Å². The van der Waals surface area contributed by atoms with Crippen molar-refractivity contribution in [2.24, 2.45) is 5.92 Å². The Kier molecular flexibility index (Phi) is 4.07. The van der Waals surface area contributed by atoms with E-state index in [0.717, 1.165) is 31.3 Å². The second kappa shape index (κ2) is 4.87. The van der Waals surface area contributed by atoms with Gasteiger partial charge >= 0.3 is 5.97 Å². The van der Waals surface area contributed by atoms with Gasteiger partial charge in [-0.05, 0) is 30.8 Å². The molecule has 13 heavy (non-hydrogen) atoms. The van der Waals surface area contributed by atoms with Crippen LogP contribution in [-0.4, -0.2) is 11.1 Å². The predicted molar refractivity (Wildman–Crippen MR) is 52.9 cm³/mol. The Balaban J connectivity index is 2.68. The molecule has 2 nitrogen and oxygen atoms in total. The van der Waals surface area contributed by atoms with Gasteiger partial charge < -0.3 is 5.11 Å². The monoisotopic (exact) mass is 222 g/mol. The number of hydrogen-bond acceptors (Lipinski definition) is 1. The molecule has 4 heteroatoms. The summed E-state index contributed by atoms with van der Waals surface area (Å²) in [4.78, 5) is 10.5. The summed E-state index contributed by atoms with van der Waals surface area (Å²) >= 11 is 11.4. The minimum Gasteiger partial charge on any atom is -0.481 e. The smallest absolute Gasteiger partial charge is 0.303 e. The van der Waals surface area contributed by atoms with Crippen molar-refractivity contribution in [2.45, 2.75) is 32.1 Å². The van der Waals surface area contributed by atoms with E-state index in [1.54, 1.807) is 0 Å². The first-order valence-electron chi connectivity index (χ1n) is 4.37. The van der Waals surface area contributed by atoms with Gasteiger partial charge in [-0.15, -0.1) is 0 Å². The van der Waals surface area contributed by atoms with Crippen molar-refractivity contribution >= 4 is 29.2 Å². The number of halogens is 2. The summed E-state index contributed by atoms with van der Waals surface area (Å²) in [6.07, 6.45) is 4.03. The van der Waals surface area contributed by atoms with E-state index < -0.39 is 5.97 Å². The van der Waals surface area contributed by atoms with Crippen LogP contribution in [0.25, 0.3) is 0 Å². The minimum absolute atomic E-state index is 0.0521. The van der Waals surface area contributed by atoms with Crippen LogP contribution in [0.2, 0.25) is 0 Å². The predicted octanol–water partition coefficient (Wildman–Crippen LogP) is 3.34. The highest BCUT2D eigenvalue weighted by Gasteiger charge is 2.23. The average Bonchev–Trinajstić information content (AvgIpc) is 2.03. The molecule has 1 saturated carbocycles. The molecule has 1 aliphatic carbocycles. The number of allylic oxidation sites excluding steroid dienone is 1. The highest BCUT2D eigenvalue weighted by Crippen LogP contribution is 2.36. The van der Waals surface area contributed by atoms with Crippen molar-refractivity contribution in [3.63, 3.8) is 0 Å². The lowest BCUT2D eigenvalue weighted by atomic mass is 9.83. The molecule has 0 aromatic heterocycles. The summed E-state index contributed by atoms with van der Waals surface area (Å²) in [6, 6.07) is 0. The largest absolute Gasteiger partial charge is 0.481 e. The maximum atomic E-state index is 10.5. The third-order valence-electron chi connectivity index (χ3n) is 2.41. The summed E-state index contributed by atoms with van der Waals surface area (Å²) in [5.74, 6) is -0.727. The second-order valence-electron chi connectivity index (χ2n) is 3.33. The Labute approximate surface area is 87.5 Å². The van der Waals surface area contributed by atoms with Crippen LogP contribution in [0, 0.1) is 5.92 Å². The number of carboxylic acid groups (broad SMARTS) is 1. The highest BCUT2D eigenvalue weighted by atomic mass is 35.5. The Hall–Kier alpha value is -0.210. The Morgan fingerprint density at radius 1 is 1.46 bits per heavy atom. The van der Waals surface area contributed by atoms with E-state index >= 15 is 0 Å². The molecule has 0 bridgehead atoms. The van der Waals surface area contributed by atoms with Crippen molar-refractivity contribution in [3.05, 3.63) is 10.1 Å². The van der Waals surface area contributed by atoms with E-state index in [0.29, 0.717) is 0 Å². The van der Waals surface area contributed by atoms with E-state index in [4.69, 9.17) is 28.3 Å². The van der Waals surface area contributed by atoms with Crippen molar-refractivity contribution in [3.8, 4) is 0 Å². The molecule has 0 amide bonds. The van der Waals surface area contributed by atoms with Crippen molar-refractivity contribution in [2.75, 3.05) is 0 Å². The molecule has 0 aromatic carbocycles. The van der Waals surface area contributed by atoms with E-state index in [2.05, 4.69) is 0 Å². The number of hydrogen-bond donors (Lipinski definition) is 1. The molecule has 74 valence electrons. The Morgan fingerprint density at radius 2 is 2.15 bits per heavy atom. The molecule has 0 spiro atoms. The lowest BCUT2D eigenvalue weighted by molar-refractivity contribution is -0.137. The second-order valence-corrected chi connectivity index (χ2v) is 4.28. The molecule has 1 aliphatic rings. The van der Waals surface area contributed by atoms with Crippen molar-refractivity contribution in [1.29, 1.82) is 0 Å². The van der Waals surface area contributed by atoms with Crippen molar-refractivity contribution in [1.82, 2.24) is 0 Å². The third kappa shape index (κ3) is 3.20. The van der Waals surface area contributed by atoms with Gasteiger partial charge in [0.1, 0.15) is 4.49 Å². The Morgan fingerprint density at radius 3 is 2.69 bits per heavy atom. The van der Waals surface area contributed by atoms with Gasteiger partial charge in [-0.25, -0.2) is 0 Å². The van der Waals surface area contributed by atoms with E-state index in [1.807, 2.05) is 0 Å². The normalized spacial score (nSPS) is 22.9. The fourth-order valence-electron chi connectivity index (χ4n) is 1.77. The standard InChI is InChI=1S/C9H12Cl2O2/c10-9(11)7-4-2-1-3-6(7)5-8(12)13/h6H,1-5H2,(H,12,13)/t6-/m1/s1. The van der Waals surface area contributed by atoms with Gasteiger partial charge in [0.05, 0.1) is 6.42 Å². The molecule has 1 fully saturated rings. The maximum Gasteiger partial charge on any atom is 0.303 e. The van der Waals surface area contributed by atoms with Crippen LogP contribution in [0.15, 0.2) is 10.1 Å². The fourth-order valence-corrected chi connectivity index (χ4v) is 2.27. The van der Waals surface area contributed by atoms with E-state index in [-0.39, 0.29) is 16.8 Å². The highest BCUT2D eigenvalue weighted by molar-refractivity contribution is 6.56. The topological polar surface area (TPSA) is 37.3 Å². The summed E-state index contributed by atoms with van der Waals surface area (Å²) in [5.41, 5.74) is 0.928. The first-order valence-corrected chi connectivity index (χ1v) is 5.12. The first-order chi connectivity index (χ1) is 6.11. The van der Waals surface area contributed by atoms with Gasteiger partial charge in [-0.1, -0.05) is 29.6 Å². The molecule has 0 aromatic rings. The molecule has 0 radical (unpaired) electrons.